The van der Waals surface area contributed by atoms with Gasteiger partial charge in [-0.3, -0.25) is 4.79 Å². The summed E-state index contributed by atoms with van der Waals surface area (Å²) in [4.78, 5) is 21.4. The van der Waals surface area contributed by atoms with Crippen LogP contribution in [0.5, 0.6) is 0 Å². The van der Waals surface area contributed by atoms with E-state index in [0.717, 1.165) is 6.07 Å². The predicted molar refractivity (Wildman–Crippen MR) is 38.4 cm³/mol. The topological polar surface area (TPSA) is 59.3 Å². The Morgan fingerprint density at radius 2 is 2.36 bits per heavy atom. The number of hydrogen-bond donors (Lipinski definition) is 1. The van der Waals surface area contributed by atoms with Crippen molar-refractivity contribution in [2.45, 2.75) is 0 Å². The molecular formula is C7H7NO3. The molecule has 0 saturated heterocycles. The van der Waals surface area contributed by atoms with Crippen molar-refractivity contribution in [3.05, 3.63) is 34.4 Å². The summed E-state index contributed by atoms with van der Waals surface area (Å²) in [6.45, 7) is 0. The van der Waals surface area contributed by atoms with Gasteiger partial charge in [-0.15, -0.1) is 0 Å². The molecule has 0 fully saturated rings. The van der Waals surface area contributed by atoms with Crippen molar-refractivity contribution in [3.8, 4) is 0 Å². The second-order valence-electron chi connectivity index (χ2n) is 1.92. The minimum absolute atomic E-state index is 0.294. The molecule has 0 atom stereocenters. The second-order valence-corrected chi connectivity index (χ2v) is 1.92. The molecule has 0 aliphatic rings. The second kappa shape index (κ2) is 3.01. The lowest BCUT2D eigenvalue weighted by Gasteiger charge is -1.95. The lowest BCUT2D eigenvalue weighted by atomic mass is 10.3. The summed E-state index contributed by atoms with van der Waals surface area (Å²) in [5.41, 5.74) is -0.213. The van der Waals surface area contributed by atoms with E-state index < -0.39 is 5.63 Å². The predicted octanol–water partition coefficient (Wildman–Crippen LogP) is -0.000600. The number of carbonyl (C=O) groups is 1. The minimum Gasteiger partial charge on any atom is -0.431 e. The molecule has 1 N–H and O–H groups in total. The fourth-order valence-corrected chi connectivity index (χ4v) is 0.669. The Kier molecular flexibility index (Phi) is 2.06. The monoisotopic (exact) mass is 153 g/mol. The first-order valence-corrected chi connectivity index (χ1v) is 3.05. The summed E-state index contributed by atoms with van der Waals surface area (Å²) < 4.78 is 4.43. The molecule has 0 bridgehead atoms. The van der Waals surface area contributed by atoms with Crippen molar-refractivity contribution in [1.82, 2.24) is 5.32 Å². The molecule has 0 unspecified atom stereocenters. The molecule has 1 rings (SSSR count). The maximum atomic E-state index is 10.9. The number of hydrogen-bond acceptors (Lipinski definition) is 3. The molecule has 58 valence electrons. The molecule has 1 aromatic heterocycles. The van der Waals surface area contributed by atoms with Gasteiger partial charge in [-0.25, -0.2) is 4.79 Å². The quantitative estimate of drug-likeness (QED) is 0.617. The van der Waals surface area contributed by atoms with E-state index in [4.69, 9.17) is 0 Å². The van der Waals surface area contributed by atoms with Crippen LogP contribution in [-0.2, 0) is 0 Å². The van der Waals surface area contributed by atoms with Gasteiger partial charge in [-0.2, -0.15) is 0 Å². The fraction of sp³-hybridized carbons (Fsp3) is 0.143. The SMILES string of the molecule is CNC(=O)c1ccoc(=O)c1. The normalized spacial score (nSPS) is 9.18. The van der Waals surface area contributed by atoms with E-state index in [0.29, 0.717) is 5.56 Å². The van der Waals surface area contributed by atoms with Gasteiger partial charge in [-0.05, 0) is 6.07 Å². The average Bonchev–Trinajstić information content (AvgIpc) is 2.03. The lowest BCUT2D eigenvalue weighted by Crippen LogP contribution is -2.19. The van der Waals surface area contributed by atoms with Crippen molar-refractivity contribution in [1.29, 1.82) is 0 Å². The number of nitrogens with one attached hydrogen (secondary N) is 1. The van der Waals surface area contributed by atoms with Crippen LogP contribution in [0.1, 0.15) is 10.4 Å². The van der Waals surface area contributed by atoms with Crippen molar-refractivity contribution in [2.75, 3.05) is 7.05 Å². The van der Waals surface area contributed by atoms with Crippen molar-refractivity contribution in [2.24, 2.45) is 0 Å². The molecule has 0 radical (unpaired) electrons. The van der Waals surface area contributed by atoms with E-state index in [2.05, 4.69) is 9.73 Å². The summed E-state index contributed by atoms with van der Waals surface area (Å²) in [5.74, 6) is -0.294. The van der Waals surface area contributed by atoms with Gasteiger partial charge in [0.15, 0.2) is 0 Å². The summed E-state index contributed by atoms with van der Waals surface area (Å²) in [6.07, 6.45) is 1.19. The highest BCUT2D eigenvalue weighted by atomic mass is 16.4. The molecule has 0 spiro atoms. The van der Waals surface area contributed by atoms with E-state index in [9.17, 15) is 9.59 Å². The van der Waals surface area contributed by atoms with Crippen LogP contribution in [-0.4, -0.2) is 13.0 Å². The lowest BCUT2D eigenvalue weighted by molar-refractivity contribution is 0.0962. The fourth-order valence-electron chi connectivity index (χ4n) is 0.669. The number of amides is 1. The standard InChI is InChI=1S/C7H7NO3/c1-8-7(10)5-2-3-11-6(9)4-5/h2-4H,1H3,(H,8,10). The minimum atomic E-state index is -0.522. The maximum Gasteiger partial charge on any atom is 0.336 e. The molecule has 0 saturated carbocycles. The Bertz CT molecular complexity index is 315. The molecule has 0 aliphatic heterocycles. The van der Waals surface area contributed by atoms with E-state index in [-0.39, 0.29) is 5.91 Å². The molecular weight excluding hydrogens is 146 g/mol. The first-order chi connectivity index (χ1) is 5.24. The molecule has 11 heavy (non-hydrogen) atoms. The highest BCUT2D eigenvalue weighted by Gasteiger charge is 2.01. The Labute approximate surface area is 62.8 Å². The third-order valence-corrected chi connectivity index (χ3v) is 1.19. The molecule has 4 nitrogen and oxygen atoms in total. The summed E-state index contributed by atoms with van der Waals surface area (Å²) in [5, 5.41) is 2.39. The Morgan fingerprint density at radius 1 is 1.64 bits per heavy atom. The van der Waals surface area contributed by atoms with E-state index in [1.165, 1.54) is 19.4 Å². The van der Waals surface area contributed by atoms with Crippen molar-refractivity contribution >= 4 is 5.91 Å². The van der Waals surface area contributed by atoms with Crippen LogP contribution in [0.25, 0.3) is 0 Å². The Balaban J connectivity index is 3.05. The van der Waals surface area contributed by atoms with Gasteiger partial charge in [0, 0.05) is 18.7 Å². The van der Waals surface area contributed by atoms with Crippen LogP contribution >= 0.6 is 0 Å². The Morgan fingerprint density at radius 3 is 2.91 bits per heavy atom. The van der Waals surface area contributed by atoms with E-state index in [1.54, 1.807) is 0 Å². The molecule has 0 aliphatic carbocycles. The number of carbonyl (C=O) groups excluding carboxylic acids is 1. The van der Waals surface area contributed by atoms with Crippen LogP contribution in [0, 0.1) is 0 Å². The maximum absolute atomic E-state index is 10.9. The summed E-state index contributed by atoms with van der Waals surface area (Å²) in [6, 6.07) is 2.57. The highest BCUT2D eigenvalue weighted by molar-refractivity contribution is 5.93. The van der Waals surface area contributed by atoms with E-state index in [1.807, 2.05) is 0 Å². The van der Waals surface area contributed by atoms with Crippen LogP contribution < -0.4 is 10.9 Å². The van der Waals surface area contributed by atoms with Gasteiger partial charge >= 0.3 is 5.63 Å². The first-order valence-electron chi connectivity index (χ1n) is 3.05. The zero-order valence-electron chi connectivity index (χ0n) is 5.96. The van der Waals surface area contributed by atoms with Crippen LogP contribution in [0.4, 0.5) is 0 Å². The third-order valence-electron chi connectivity index (χ3n) is 1.19. The first kappa shape index (κ1) is 7.53. The zero-order valence-corrected chi connectivity index (χ0v) is 5.96. The molecule has 4 heteroatoms. The molecule has 0 aromatic carbocycles. The van der Waals surface area contributed by atoms with Crippen molar-refractivity contribution in [3.63, 3.8) is 0 Å². The molecule has 1 aromatic rings. The molecule has 1 amide bonds. The number of rotatable bonds is 1. The Hall–Kier alpha value is -1.58. The smallest absolute Gasteiger partial charge is 0.336 e. The van der Waals surface area contributed by atoms with Gasteiger partial charge in [0.2, 0.25) is 0 Å². The third kappa shape index (κ3) is 1.67. The van der Waals surface area contributed by atoms with Crippen LogP contribution in [0.15, 0.2) is 27.6 Å². The van der Waals surface area contributed by atoms with Gasteiger partial charge < -0.3 is 9.73 Å². The molecule has 1 heterocycles. The average molecular weight is 153 g/mol. The van der Waals surface area contributed by atoms with Gasteiger partial charge in [0.25, 0.3) is 5.91 Å². The largest absolute Gasteiger partial charge is 0.431 e. The zero-order chi connectivity index (χ0) is 8.27. The van der Waals surface area contributed by atoms with Crippen LogP contribution in [0.3, 0.4) is 0 Å². The highest BCUT2D eigenvalue weighted by Crippen LogP contribution is 1.92. The summed E-state index contributed by atoms with van der Waals surface area (Å²) in [7, 11) is 1.50. The van der Waals surface area contributed by atoms with E-state index >= 15 is 0 Å². The van der Waals surface area contributed by atoms with Crippen molar-refractivity contribution < 1.29 is 9.21 Å². The summed E-state index contributed by atoms with van der Waals surface area (Å²) >= 11 is 0. The van der Waals surface area contributed by atoms with Gasteiger partial charge in [0.05, 0.1) is 6.26 Å². The van der Waals surface area contributed by atoms with Gasteiger partial charge in [0.1, 0.15) is 0 Å². The van der Waals surface area contributed by atoms with Crippen LogP contribution in [0.2, 0.25) is 0 Å². The van der Waals surface area contributed by atoms with Gasteiger partial charge in [-0.1, -0.05) is 0 Å².